The highest BCUT2D eigenvalue weighted by atomic mass is 32.2. The molecule has 0 unspecified atom stereocenters. The van der Waals surface area contributed by atoms with Gasteiger partial charge in [0.15, 0.2) is 0 Å². The predicted octanol–water partition coefficient (Wildman–Crippen LogP) is 4.14. The number of fused-ring (bicyclic) bond motifs is 1. The molecular formula is C16H11F3N6S2. The third-order valence-corrected chi connectivity index (χ3v) is 5.68. The van der Waals surface area contributed by atoms with E-state index in [0.717, 1.165) is 32.4 Å². The minimum Gasteiger partial charge on any atom is -0.335 e. The lowest BCUT2D eigenvalue weighted by molar-refractivity contribution is -0.146. The van der Waals surface area contributed by atoms with E-state index < -0.39 is 12.0 Å². The van der Waals surface area contributed by atoms with Gasteiger partial charge in [0.2, 0.25) is 5.16 Å². The third-order valence-electron chi connectivity index (χ3n) is 3.63. The smallest absolute Gasteiger partial charge is 0.335 e. The lowest BCUT2D eigenvalue weighted by Gasteiger charge is -2.06. The summed E-state index contributed by atoms with van der Waals surface area (Å²) in [6, 6.07) is 11.7. The summed E-state index contributed by atoms with van der Waals surface area (Å²) in [5, 5.41) is 7.79. The van der Waals surface area contributed by atoms with Crippen molar-refractivity contribution in [1.82, 2.24) is 24.8 Å². The van der Waals surface area contributed by atoms with Gasteiger partial charge in [0.05, 0.1) is 0 Å². The molecule has 0 saturated carbocycles. The van der Waals surface area contributed by atoms with Crippen LogP contribution in [-0.4, -0.2) is 24.8 Å². The highest BCUT2D eigenvalue weighted by Crippen LogP contribution is 2.39. The summed E-state index contributed by atoms with van der Waals surface area (Å²) in [6.07, 6.45) is -4.68. The average Bonchev–Trinajstić information content (AvgIpc) is 3.19. The molecule has 0 radical (unpaired) electrons. The van der Waals surface area contributed by atoms with Crippen LogP contribution in [0.15, 0.2) is 46.6 Å². The molecule has 0 aliphatic rings. The van der Waals surface area contributed by atoms with E-state index in [9.17, 15) is 13.2 Å². The van der Waals surface area contributed by atoms with Gasteiger partial charge >= 0.3 is 6.18 Å². The molecule has 0 spiro atoms. The van der Waals surface area contributed by atoms with Crippen LogP contribution in [0, 0.1) is 6.92 Å². The van der Waals surface area contributed by atoms with Gasteiger partial charge in [-0.25, -0.2) is 14.6 Å². The van der Waals surface area contributed by atoms with Crippen molar-refractivity contribution in [1.29, 1.82) is 0 Å². The Hall–Kier alpha value is -2.66. The number of aromatic nitrogens is 5. The molecule has 27 heavy (non-hydrogen) atoms. The van der Waals surface area contributed by atoms with Gasteiger partial charge in [-0.15, -0.1) is 21.5 Å². The molecule has 0 bridgehead atoms. The lowest BCUT2D eigenvalue weighted by atomic mass is 10.2. The normalized spacial score (nSPS) is 12.0. The number of halogens is 3. The zero-order chi connectivity index (χ0) is 19.2. The summed E-state index contributed by atoms with van der Waals surface area (Å²) in [7, 11) is 0. The first kappa shape index (κ1) is 17.7. The van der Waals surface area contributed by atoms with E-state index in [4.69, 9.17) is 5.84 Å². The Labute approximate surface area is 159 Å². The topological polar surface area (TPSA) is 82.5 Å². The van der Waals surface area contributed by atoms with Crippen LogP contribution in [0.2, 0.25) is 0 Å². The number of benzene rings is 1. The van der Waals surface area contributed by atoms with Crippen molar-refractivity contribution in [3.63, 3.8) is 0 Å². The van der Waals surface area contributed by atoms with E-state index in [1.807, 2.05) is 36.4 Å². The van der Waals surface area contributed by atoms with Gasteiger partial charge in [0.25, 0.3) is 5.82 Å². The monoisotopic (exact) mass is 408 g/mol. The predicted molar refractivity (Wildman–Crippen MR) is 96.9 cm³/mol. The zero-order valence-corrected chi connectivity index (χ0v) is 15.4. The van der Waals surface area contributed by atoms with Crippen LogP contribution in [0.25, 0.3) is 20.7 Å². The van der Waals surface area contributed by atoms with Crippen molar-refractivity contribution in [2.24, 2.45) is 0 Å². The molecular weight excluding hydrogens is 397 g/mol. The van der Waals surface area contributed by atoms with Crippen molar-refractivity contribution >= 4 is 33.3 Å². The van der Waals surface area contributed by atoms with Crippen molar-refractivity contribution < 1.29 is 13.2 Å². The standard InChI is InChI=1S/C16H11F3N6S2/c1-8-21-12-10(7-11(26-12)9-5-3-2-4-6-9)13(22-8)27-15-24-23-14(25(15)20)16(17,18)19/h2-7H,20H2,1H3. The molecule has 0 atom stereocenters. The molecule has 2 N–H and O–H groups in total. The van der Waals surface area contributed by atoms with E-state index in [2.05, 4.69) is 20.2 Å². The highest BCUT2D eigenvalue weighted by Gasteiger charge is 2.38. The fourth-order valence-electron chi connectivity index (χ4n) is 2.45. The molecule has 3 heterocycles. The number of thiophene rings is 1. The second-order valence-electron chi connectivity index (χ2n) is 5.55. The van der Waals surface area contributed by atoms with Gasteiger partial charge in [0.1, 0.15) is 15.7 Å². The minimum absolute atomic E-state index is 0.103. The van der Waals surface area contributed by atoms with Gasteiger partial charge < -0.3 is 5.84 Å². The van der Waals surface area contributed by atoms with Crippen LogP contribution < -0.4 is 5.84 Å². The maximum absolute atomic E-state index is 12.9. The second kappa shape index (κ2) is 6.50. The number of nitrogens with two attached hydrogens (primary N) is 1. The van der Waals surface area contributed by atoms with Gasteiger partial charge in [-0.2, -0.15) is 13.2 Å². The number of aryl methyl sites for hydroxylation is 1. The molecule has 4 aromatic rings. The summed E-state index contributed by atoms with van der Waals surface area (Å²) in [5.41, 5.74) is 1.02. The summed E-state index contributed by atoms with van der Waals surface area (Å²) >= 11 is 2.41. The van der Waals surface area contributed by atoms with Crippen molar-refractivity contribution in [3.05, 3.63) is 48.0 Å². The molecule has 11 heteroatoms. The molecule has 0 fully saturated rings. The maximum Gasteiger partial charge on any atom is 0.453 e. The first-order valence-corrected chi connectivity index (χ1v) is 9.25. The number of nitrogen functional groups attached to an aromatic ring is 1. The fourth-order valence-corrected chi connectivity index (χ4v) is 4.48. The van der Waals surface area contributed by atoms with Crippen LogP contribution in [0.3, 0.4) is 0 Å². The Morgan fingerprint density at radius 2 is 1.85 bits per heavy atom. The Kier molecular flexibility index (Phi) is 4.27. The molecule has 1 aromatic carbocycles. The number of hydrogen-bond acceptors (Lipinski definition) is 7. The Balaban J connectivity index is 1.78. The molecule has 0 amide bonds. The SMILES string of the molecule is Cc1nc(Sc2nnc(C(F)(F)F)n2N)c2cc(-c3ccccc3)sc2n1. The third kappa shape index (κ3) is 3.35. The summed E-state index contributed by atoms with van der Waals surface area (Å²) in [4.78, 5) is 10.5. The van der Waals surface area contributed by atoms with E-state index in [0.29, 0.717) is 15.5 Å². The number of nitrogens with zero attached hydrogens (tertiary/aromatic N) is 5. The molecule has 0 aliphatic carbocycles. The quantitative estimate of drug-likeness (QED) is 0.405. The van der Waals surface area contributed by atoms with Gasteiger partial charge in [-0.3, -0.25) is 0 Å². The largest absolute Gasteiger partial charge is 0.453 e. The van der Waals surface area contributed by atoms with Crippen LogP contribution in [0.4, 0.5) is 13.2 Å². The van der Waals surface area contributed by atoms with Gasteiger partial charge in [-0.1, -0.05) is 30.3 Å². The number of hydrogen-bond donors (Lipinski definition) is 1. The Morgan fingerprint density at radius 3 is 2.52 bits per heavy atom. The van der Waals surface area contributed by atoms with E-state index in [1.54, 1.807) is 6.92 Å². The second-order valence-corrected chi connectivity index (χ2v) is 7.53. The number of alkyl halides is 3. The molecule has 4 rings (SSSR count). The first-order valence-electron chi connectivity index (χ1n) is 7.62. The maximum atomic E-state index is 12.9. The Morgan fingerprint density at radius 1 is 1.11 bits per heavy atom. The van der Waals surface area contributed by atoms with Crippen molar-refractivity contribution in [2.45, 2.75) is 23.3 Å². The number of rotatable bonds is 3. The van der Waals surface area contributed by atoms with Gasteiger partial charge in [0, 0.05) is 10.3 Å². The summed E-state index contributed by atoms with van der Waals surface area (Å²) < 4.78 is 39.0. The summed E-state index contributed by atoms with van der Waals surface area (Å²) in [6.45, 7) is 1.72. The van der Waals surface area contributed by atoms with Crippen LogP contribution in [0.5, 0.6) is 0 Å². The Bertz CT molecular complexity index is 1120. The van der Waals surface area contributed by atoms with Gasteiger partial charge in [-0.05, 0) is 30.3 Å². The van der Waals surface area contributed by atoms with Crippen molar-refractivity contribution in [2.75, 3.05) is 5.84 Å². The first-order chi connectivity index (χ1) is 12.8. The molecule has 6 nitrogen and oxygen atoms in total. The average molecular weight is 408 g/mol. The fraction of sp³-hybridized carbons (Fsp3) is 0.125. The molecule has 0 aliphatic heterocycles. The molecule has 0 saturated heterocycles. The van der Waals surface area contributed by atoms with Crippen molar-refractivity contribution in [3.8, 4) is 10.4 Å². The zero-order valence-electron chi connectivity index (χ0n) is 13.7. The minimum atomic E-state index is -4.68. The summed E-state index contributed by atoms with van der Waals surface area (Å²) in [5.74, 6) is 4.77. The molecule has 3 aromatic heterocycles. The van der Waals surface area contributed by atoms with Crippen LogP contribution in [0.1, 0.15) is 11.6 Å². The van der Waals surface area contributed by atoms with E-state index in [-0.39, 0.29) is 5.16 Å². The lowest BCUT2D eigenvalue weighted by Crippen LogP contribution is -2.21. The van der Waals surface area contributed by atoms with E-state index >= 15 is 0 Å². The van der Waals surface area contributed by atoms with E-state index in [1.165, 1.54) is 11.3 Å². The van der Waals surface area contributed by atoms with Crippen LogP contribution in [-0.2, 0) is 6.18 Å². The molecule has 138 valence electrons. The van der Waals surface area contributed by atoms with Crippen LogP contribution >= 0.6 is 23.1 Å². The highest BCUT2D eigenvalue weighted by molar-refractivity contribution is 7.99.